The molecule has 0 aliphatic carbocycles. The number of halogens is 1. The maximum Gasteiger partial charge on any atom is 0.119 e. The Kier molecular flexibility index (Phi) is 5.09. The first-order valence-corrected chi connectivity index (χ1v) is 8.89. The number of likely N-dealkylation sites (tertiary alicyclic amines) is 1. The summed E-state index contributed by atoms with van der Waals surface area (Å²) in [7, 11) is 1.70. The molecule has 24 heavy (non-hydrogen) atoms. The monoisotopic (exact) mass is 328 g/mol. The lowest BCUT2D eigenvalue weighted by molar-refractivity contribution is 0.0515. The molecule has 1 heterocycles. The van der Waals surface area contributed by atoms with Crippen molar-refractivity contribution < 1.29 is 9.13 Å². The van der Waals surface area contributed by atoms with Crippen LogP contribution in [0.2, 0.25) is 0 Å². The molecular weight excluding hydrogens is 300 g/mol. The highest BCUT2D eigenvalue weighted by atomic mass is 18.2. The molecule has 0 bridgehead atoms. The van der Waals surface area contributed by atoms with Gasteiger partial charge in [-0.1, -0.05) is 38.1 Å². The fraction of sp³-hybridized carbons (Fsp3) is 0.524. The summed E-state index contributed by atoms with van der Waals surface area (Å²) in [5.74, 6) is 0.893. The standard InChI is InChI=1S/C21H28FNO/c1-21(2)13-18(22)14-23(15-21)11-5-8-16-6-4-7-17-12-19(24-3)9-10-20(16)17/h4,6-7,9-10,12,18H,5,8,11,13-15H2,1-3H3/i22-1. The molecule has 1 atom stereocenters. The van der Waals surface area contributed by atoms with Crippen molar-refractivity contribution in [1.29, 1.82) is 0 Å². The Hall–Kier alpha value is -1.61. The van der Waals surface area contributed by atoms with Crippen LogP contribution in [-0.2, 0) is 6.42 Å². The molecule has 1 fully saturated rings. The Bertz CT molecular complexity index is 697. The third-order valence-corrected chi connectivity index (χ3v) is 4.98. The summed E-state index contributed by atoms with van der Waals surface area (Å²) in [4.78, 5) is 2.29. The Morgan fingerprint density at radius 3 is 2.83 bits per heavy atom. The summed E-state index contributed by atoms with van der Waals surface area (Å²) in [5.41, 5.74) is 1.46. The maximum absolute atomic E-state index is 13.9. The van der Waals surface area contributed by atoms with Gasteiger partial charge >= 0.3 is 0 Å². The molecule has 130 valence electrons. The van der Waals surface area contributed by atoms with Crippen molar-refractivity contribution >= 4 is 10.8 Å². The quantitative estimate of drug-likeness (QED) is 0.778. The SMILES string of the molecule is COc1ccc2c(CCCN3CC([18F])CC(C)(C)C3)cccc2c1. The first-order valence-electron chi connectivity index (χ1n) is 8.89. The molecule has 0 N–H and O–H groups in total. The van der Waals surface area contributed by atoms with Crippen LogP contribution < -0.4 is 4.74 Å². The van der Waals surface area contributed by atoms with E-state index in [9.17, 15) is 4.39 Å². The van der Waals surface area contributed by atoms with Gasteiger partial charge in [0.05, 0.1) is 7.11 Å². The van der Waals surface area contributed by atoms with Gasteiger partial charge in [-0.05, 0) is 59.7 Å². The Morgan fingerprint density at radius 1 is 1.25 bits per heavy atom. The van der Waals surface area contributed by atoms with Gasteiger partial charge in [0.1, 0.15) is 11.9 Å². The van der Waals surface area contributed by atoms with Crippen molar-refractivity contribution in [3.05, 3.63) is 42.0 Å². The van der Waals surface area contributed by atoms with Crippen LogP contribution in [0.4, 0.5) is 4.39 Å². The number of nitrogens with zero attached hydrogens (tertiary/aromatic N) is 1. The van der Waals surface area contributed by atoms with Crippen LogP contribution in [0, 0.1) is 5.41 Å². The van der Waals surface area contributed by atoms with Crippen LogP contribution >= 0.6 is 0 Å². The second kappa shape index (κ2) is 7.10. The second-order valence-electron chi connectivity index (χ2n) is 7.81. The van der Waals surface area contributed by atoms with Crippen LogP contribution in [0.5, 0.6) is 5.75 Å². The number of methoxy groups -OCH3 is 1. The molecule has 0 saturated carbocycles. The molecule has 2 aromatic carbocycles. The lowest BCUT2D eigenvalue weighted by Gasteiger charge is -2.39. The van der Waals surface area contributed by atoms with E-state index in [-0.39, 0.29) is 5.41 Å². The molecule has 0 radical (unpaired) electrons. The smallest absolute Gasteiger partial charge is 0.119 e. The number of ether oxygens (including phenoxy) is 1. The topological polar surface area (TPSA) is 12.5 Å². The normalized spacial score (nSPS) is 21.1. The highest BCUT2D eigenvalue weighted by Gasteiger charge is 2.32. The summed E-state index contributed by atoms with van der Waals surface area (Å²) in [6.45, 7) is 6.90. The zero-order valence-corrected chi connectivity index (χ0v) is 15.0. The van der Waals surface area contributed by atoms with E-state index in [2.05, 4.69) is 49.1 Å². The zero-order chi connectivity index (χ0) is 17.2. The number of hydrogen-bond acceptors (Lipinski definition) is 2. The van der Waals surface area contributed by atoms with Gasteiger partial charge < -0.3 is 4.74 Å². The number of fused-ring (bicyclic) bond motifs is 1. The minimum atomic E-state index is -0.682. The Labute approximate surface area is 144 Å². The number of piperidine rings is 1. The van der Waals surface area contributed by atoms with E-state index in [1.807, 2.05) is 6.07 Å². The minimum absolute atomic E-state index is 0.0909. The van der Waals surface area contributed by atoms with Crippen molar-refractivity contribution in [3.63, 3.8) is 0 Å². The first kappa shape index (κ1) is 17.2. The predicted molar refractivity (Wildman–Crippen MR) is 98.6 cm³/mol. The van der Waals surface area contributed by atoms with Gasteiger partial charge in [-0.25, -0.2) is 4.39 Å². The number of rotatable bonds is 5. The van der Waals surface area contributed by atoms with Crippen molar-refractivity contribution in [2.75, 3.05) is 26.7 Å². The lowest BCUT2D eigenvalue weighted by Crippen LogP contribution is -2.46. The van der Waals surface area contributed by atoms with Gasteiger partial charge in [0.25, 0.3) is 0 Å². The molecule has 0 amide bonds. The van der Waals surface area contributed by atoms with E-state index < -0.39 is 6.17 Å². The Balaban J connectivity index is 1.64. The number of benzene rings is 2. The number of aryl methyl sites for hydroxylation is 1. The van der Waals surface area contributed by atoms with E-state index in [0.717, 1.165) is 31.7 Å². The molecule has 1 saturated heterocycles. The van der Waals surface area contributed by atoms with E-state index >= 15 is 0 Å². The second-order valence-corrected chi connectivity index (χ2v) is 7.81. The molecule has 2 aromatic rings. The number of alkyl halides is 1. The third kappa shape index (κ3) is 4.07. The van der Waals surface area contributed by atoms with E-state index in [0.29, 0.717) is 13.0 Å². The van der Waals surface area contributed by atoms with Gasteiger partial charge in [0.15, 0.2) is 0 Å². The average Bonchev–Trinajstić information content (AvgIpc) is 2.52. The van der Waals surface area contributed by atoms with Gasteiger partial charge in [-0.3, -0.25) is 4.90 Å². The summed E-state index contributed by atoms with van der Waals surface area (Å²) in [6, 6.07) is 12.7. The van der Waals surface area contributed by atoms with E-state index in [1.165, 1.54) is 16.3 Å². The van der Waals surface area contributed by atoms with Crippen LogP contribution in [0.1, 0.15) is 32.3 Å². The fourth-order valence-electron chi connectivity index (χ4n) is 4.02. The molecular formula is C21H28FNO. The molecule has 0 spiro atoms. The first-order chi connectivity index (χ1) is 11.5. The highest BCUT2D eigenvalue weighted by Crippen LogP contribution is 2.30. The summed E-state index contributed by atoms with van der Waals surface area (Å²) in [5, 5.41) is 2.51. The molecule has 3 heteroatoms. The molecule has 3 rings (SSSR count). The summed E-state index contributed by atoms with van der Waals surface area (Å²) >= 11 is 0. The van der Waals surface area contributed by atoms with Crippen molar-refractivity contribution in [2.24, 2.45) is 5.41 Å². The van der Waals surface area contributed by atoms with E-state index in [1.54, 1.807) is 7.11 Å². The fourth-order valence-corrected chi connectivity index (χ4v) is 4.02. The van der Waals surface area contributed by atoms with Gasteiger partial charge in [0, 0.05) is 13.1 Å². The van der Waals surface area contributed by atoms with Gasteiger partial charge in [-0.15, -0.1) is 0 Å². The largest absolute Gasteiger partial charge is 0.497 e. The average molecular weight is 328 g/mol. The lowest BCUT2D eigenvalue weighted by atomic mass is 9.83. The molecule has 1 aliphatic rings. The highest BCUT2D eigenvalue weighted by molar-refractivity contribution is 5.87. The predicted octanol–water partition coefficient (Wildman–Crippen LogP) is 4.85. The summed E-state index contributed by atoms with van der Waals surface area (Å²) in [6.07, 6.45) is 2.10. The van der Waals surface area contributed by atoms with Gasteiger partial charge in [0.2, 0.25) is 0 Å². The molecule has 1 unspecified atom stereocenters. The number of hydrogen-bond donors (Lipinski definition) is 0. The van der Waals surface area contributed by atoms with Crippen LogP contribution in [0.25, 0.3) is 10.8 Å². The van der Waals surface area contributed by atoms with Crippen molar-refractivity contribution in [1.82, 2.24) is 4.90 Å². The minimum Gasteiger partial charge on any atom is -0.497 e. The van der Waals surface area contributed by atoms with Crippen molar-refractivity contribution in [2.45, 2.75) is 39.3 Å². The maximum atomic E-state index is 13.9. The van der Waals surface area contributed by atoms with Crippen LogP contribution in [-0.4, -0.2) is 37.8 Å². The molecule has 1 aliphatic heterocycles. The summed E-state index contributed by atoms with van der Waals surface area (Å²) < 4.78 is 19.2. The van der Waals surface area contributed by atoms with Crippen LogP contribution in [0.3, 0.4) is 0 Å². The Morgan fingerprint density at radius 2 is 2.08 bits per heavy atom. The van der Waals surface area contributed by atoms with Gasteiger partial charge in [-0.2, -0.15) is 0 Å². The van der Waals surface area contributed by atoms with Crippen molar-refractivity contribution in [3.8, 4) is 5.75 Å². The third-order valence-electron chi connectivity index (χ3n) is 4.98. The van der Waals surface area contributed by atoms with Crippen LogP contribution in [0.15, 0.2) is 36.4 Å². The molecule has 0 aromatic heterocycles. The van der Waals surface area contributed by atoms with E-state index in [4.69, 9.17) is 4.74 Å². The molecule has 2 nitrogen and oxygen atoms in total. The zero-order valence-electron chi connectivity index (χ0n) is 15.0.